The zero-order valence-electron chi connectivity index (χ0n) is 7.31. The first kappa shape index (κ1) is 11.6. The molecule has 0 N–H and O–H groups in total. The van der Waals surface area contributed by atoms with Crippen molar-refractivity contribution in [2.45, 2.75) is 6.42 Å². The van der Waals surface area contributed by atoms with Crippen LogP contribution in [0.15, 0.2) is 12.1 Å². The predicted octanol–water partition coefficient (Wildman–Crippen LogP) is 3.36. The van der Waals surface area contributed by atoms with Gasteiger partial charge in [-0.1, -0.05) is 34.8 Å². The van der Waals surface area contributed by atoms with Gasteiger partial charge in [-0.3, -0.25) is 4.79 Å². The highest BCUT2D eigenvalue weighted by Crippen LogP contribution is 2.31. The number of hydrogen-bond donors (Lipinski definition) is 0. The van der Waals surface area contributed by atoms with Gasteiger partial charge in [0.05, 0.1) is 23.6 Å². The van der Waals surface area contributed by atoms with Gasteiger partial charge in [0.25, 0.3) is 0 Å². The van der Waals surface area contributed by atoms with Crippen LogP contribution >= 0.6 is 34.8 Å². The van der Waals surface area contributed by atoms with Crippen LogP contribution in [-0.4, -0.2) is 13.1 Å². The van der Waals surface area contributed by atoms with Crippen LogP contribution in [0.1, 0.15) is 5.56 Å². The van der Waals surface area contributed by atoms with Gasteiger partial charge in [0.15, 0.2) is 0 Å². The second-order valence-electron chi connectivity index (χ2n) is 2.57. The maximum Gasteiger partial charge on any atom is 0.310 e. The summed E-state index contributed by atoms with van der Waals surface area (Å²) < 4.78 is 4.50. The standard InChI is InChI=1S/C9H7Cl3O2/c1-14-8(13)4-5-6(10)2-3-7(11)9(5)12/h2-3H,4H2,1H3. The van der Waals surface area contributed by atoms with E-state index in [1.165, 1.54) is 7.11 Å². The Kier molecular flexibility index (Phi) is 4.05. The van der Waals surface area contributed by atoms with E-state index in [0.29, 0.717) is 20.6 Å². The smallest absolute Gasteiger partial charge is 0.310 e. The lowest BCUT2D eigenvalue weighted by Crippen LogP contribution is -2.05. The summed E-state index contributed by atoms with van der Waals surface area (Å²) in [6.07, 6.45) is 0.0225. The Morgan fingerprint density at radius 3 is 2.43 bits per heavy atom. The maximum absolute atomic E-state index is 11.0. The number of esters is 1. The Morgan fingerprint density at radius 1 is 1.29 bits per heavy atom. The van der Waals surface area contributed by atoms with Gasteiger partial charge in [-0.05, 0) is 12.1 Å². The molecule has 0 unspecified atom stereocenters. The lowest BCUT2D eigenvalue weighted by molar-refractivity contribution is -0.139. The molecular formula is C9H7Cl3O2. The molecule has 0 saturated carbocycles. The van der Waals surface area contributed by atoms with E-state index in [0.717, 1.165) is 0 Å². The van der Waals surface area contributed by atoms with Crippen LogP contribution in [0.25, 0.3) is 0 Å². The van der Waals surface area contributed by atoms with Crippen molar-refractivity contribution >= 4 is 40.8 Å². The third-order valence-electron chi connectivity index (χ3n) is 1.69. The second kappa shape index (κ2) is 4.87. The van der Waals surface area contributed by atoms with E-state index in [-0.39, 0.29) is 6.42 Å². The van der Waals surface area contributed by atoms with E-state index in [9.17, 15) is 4.79 Å². The van der Waals surface area contributed by atoms with Gasteiger partial charge in [0.1, 0.15) is 0 Å². The molecule has 1 aromatic carbocycles. The molecule has 5 heteroatoms. The molecule has 0 atom stereocenters. The molecule has 2 nitrogen and oxygen atoms in total. The maximum atomic E-state index is 11.0. The zero-order chi connectivity index (χ0) is 10.7. The normalized spacial score (nSPS) is 10.0. The van der Waals surface area contributed by atoms with Crippen molar-refractivity contribution in [1.29, 1.82) is 0 Å². The van der Waals surface area contributed by atoms with Crippen molar-refractivity contribution in [3.8, 4) is 0 Å². The molecule has 0 aromatic heterocycles. The van der Waals surface area contributed by atoms with E-state index in [1.54, 1.807) is 12.1 Å². The Balaban J connectivity index is 3.06. The van der Waals surface area contributed by atoms with Crippen molar-refractivity contribution in [3.63, 3.8) is 0 Å². The Morgan fingerprint density at radius 2 is 1.86 bits per heavy atom. The molecule has 76 valence electrons. The van der Waals surface area contributed by atoms with Crippen LogP contribution in [0.5, 0.6) is 0 Å². The molecule has 1 aromatic rings. The van der Waals surface area contributed by atoms with Crippen molar-refractivity contribution in [1.82, 2.24) is 0 Å². The molecule has 0 radical (unpaired) electrons. The topological polar surface area (TPSA) is 26.3 Å². The number of carbonyl (C=O) groups is 1. The Bertz CT molecular complexity index is 363. The lowest BCUT2D eigenvalue weighted by Gasteiger charge is -2.06. The van der Waals surface area contributed by atoms with Crippen molar-refractivity contribution in [3.05, 3.63) is 32.8 Å². The number of methoxy groups -OCH3 is 1. The van der Waals surface area contributed by atoms with Crippen LogP contribution < -0.4 is 0 Å². The molecule has 0 heterocycles. The molecule has 0 spiro atoms. The summed E-state index contributed by atoms with van der Waals surface area (Å²) in [5.74, 6) is -0.406. The fourth-order valence-corrected chi connectivity index (χ4v) is 1.63. The average molecular weight is 254 g/mol. The molecule has 0 aliphatic rings. The SMILES string of the molecule is COC(=O)Cc1c(Cl)ccc(Cl)c1Cl. The third kappa shape index (κ3) is 2.53. The molecule has 0 saturated heterocycles. The molecule has 14 heavy (non-hydrogen) atoms. The summed E-state index contributed by atoms with van der Waals surface area (Å²) in [5, 5.41) is 1.07. The molecule has 0 amide bonds. The van der Waals surface area contributed by atoms with Gasteiger partial charge in [0.2, 0.25) is 0 Å². The number of carbonyl (C=O) groups excluding carboxylic acids is 1. The number of hydrogen-bond acceptors (Lipinski definition) is 2. The molecular weight excluding hydrogens is 246 g/mol. The van der Waals surface area contributed by atoms with Crippen LogP contribution in [0, 0.1) is 0 Å². The fourth-order valence-electron chi connectivity index (χ4n) is 0.948. The van der Waals surface area contributed by atoms with Crippen molar-refractivity contribution in [2.75, 3.05) is 7.11 Å². The highest BCUT2D eigenvalue weighted by molar-refractivity contribution is 6.44. The largest absolute Gasteiger partial charge is 0.469 e. The van der Waals surface area contributed by atoms with Gasteiger partial charge >= 0.3 is 5.97 Å². The fraction of sp³-hybridized carbons (Fsp3) is 0.222. The molecule has 1 rings (SSSR count). The first-order valence-electron chi connectivity index (χ1n) is 3.75. The second-order valence-corrected chi connectivity index (χ2v) is 3.77. The summed E-state index contributed by atoms with van der Waals surface area (Å²) >= 11 is 17.5. The number of rotatable bonds is 2. The number of halogens is 3. The minimum absolute atomic E-state index is 0.0225. The first-order valence-corrected chi connectivity index (χ1v) is 4.89. The summed E-state index contributed by atoms with van der Waals surface area (Å²) in [5.41, 5.74) is 0.493. The minimum atomic E-state index is -0.406. The third-order valence-corrected chi connectivity index (χ3v) is 2.89. The van der Waals surface area contributed by atoms with Gasteiger partial charge in [0, 0.05) is 10.6 Å². The number of benzene rings is 1. The summed E-state index contributed by atoms with van der Waals surface area (Å²) in [7, 11) is 1.30. The molecule has 0 aliphatic heterocycles. The van der Waals surface area contributed by atoms with Gasteiger partial charge in [-0.25, -0.2) is 0 Å². The van der Waals surface area contributed by atoms with Crippen LogP contribution in [-0.2, 0) is 16.0 Å². The quantitative estimate of drug-likeness (QED) is 0.597. The molecule has 0 bridgehead atoms. The predicted molar refractivity (Wildman–Crippen MR) is 57.2 cm³/mol. The van der Waals surface area contributed by atoms with Crippen LogP contribution in [0.2, 0.25) is 15.1 Å². The van der Waals surface area contributed by atoms with E-state index >= 15 is 0 Å². The monoisotopic (exact) mass is 252 g/mol. The lowest BCUT2D eigenvalue weighted by atomic mass is 10.1. The Hall–Kier alpha value is -0.440. The van der Waals surface area contributed by atoms with Crippen LogP contribution in [0.4, 0.5) is 0 Å². The van der Waals surface area contributed by atoms with Gasteiger partial charge < -0.3 is 4.74 Å². The Labute approximate surface area is 96.7 Å². The van der Waals surface area contributed by atoms with Crippen molar-refractivity contribution < 1.29 is 9.53 Å². The molecule has 0 aliphatic carbocycles. The molecule has 0 fully saturated rings. The summed E-state index contributed by atoms with van der Waals surface area (Å²) in [6, 6.07) is 3.17. The van der Waals surface area contributed by atoms with Gasteiger partial charge in [-0.2, -0.15) is 0 Å². The van der Waals surface area contributed by atoms with E-state index < -0.39 is 5.97 Å². The summed E-state index contributed by atoms with van der Waals surface area (Å²) in [6.45, 7) is 0. The number of ether oxygens (including phenoxy) is 1. The van der Waals surface area contributed by atoms with Crippen LogP contribution in [0.3, 0.4) is 0 Å². The van der Waals surface area contributed by atoms with Gasteiger partial charge in [-0.15, -0.1) is 0 Å². The average Bonchev–Trinajstić information content (AvgIpc) is 2.18. The highest BCUT2D eigenvalue weighted by Gasteiger charge is 2.13. The minimum Gasteiger partial charge on any atom is -0.469 e. The van der Waals surface area contributed by atoms with E-state index in [4.69, 9.17) is 34.8 Å². The van der Waals surface area contributed by atoms with E-state index in [2.05, 4.69) is 4.74 Å². The van der Waals surface area contributed by atoms with Crippen molar-refractivity contribution in [2.24, 2.45) is 0 Å². The van der Waals surface area contributed by atoms with E-state index in [1.807, 2.05) is 0 Å². The zero-order valence-corrected chi connectivity index (χ0v) is 9.58. The highest BCUT2D eigenvalue weighted by atomic mass is 35.5. The first-order chi connectivity index (χ1) is 6.56. The summed E-state index contributed by atoms with van der Waals surface area (Å²) in [4.78, 5) is 11.0.